The van der Waals surface area contributed by atoms with Crippen molar-refractivity contribution in [3.8, 4) is 0 Å². The largest absolute Gasteiger partial charge is 0.466 e. The number of halogens is 1. The molecule has 2 unspecified atom stereocenters. The molecule has 0 saturated heterocycles. The lowest BCUT2D eigenvalue weighted by Crippen LogP contribution is -2.52. The molecular formula is C16H24BrNO2. The van der Waals surface area contributed by atoms with Gasteiger partial charge < -0.3 is 9.73 Å². The number of aryl methyl sites for hydroxylation is 2. The van der Waals surface area contributed by atoms with Gasteiger partial charge in [-0.15, -0.1) is 0 Å². The maximum absolute atomic E-state index is 12.6. The lowest BCUT2D eigenvalue weighted by Gasteiger charge is -2.39. The van der Waals surface area contributed by atoms with Gasteiger partial charge in [0, 0.05) is 10.9 Å². The predicted octanol–water partition coefficient (Wildman–Crippen LogP) is 4.28. The Morgan fingerprint density at radius 3 is 2.60 bits per heavy atom. The van der Waals surface area contributed by atoms with Gasteiger partial charge in [-0.2, -0.15) is 0 Å². The minimum Gasteiger partial charge on any atom is -0.466 e. The van der Waals surface area contributed by atoms with Crippen LogP contribution >= 0.6 is 15.9 Å². The molecule has 1 aromatic heterocycles. The molecule has 1 aliphatic rings. The minimum atomic E-state index is -0.112. The van der Waals surface area contributed by atoms with Crippen molar-refractivity contribution in [2.45, 2.75) is 58.9 Å². The normalized spacial score (nSPS) is 26.6. The van der Waals surface area contributed by atoms with Gasteiger partial charge in [0.05, 0.1) is 11.1 Å². The van der Waals surface area contributed by atoms with Crippen LogP contribution in [0.5, 0.6) is 0 Å². The Balaban J connectivity index is 2.21. The molecule has 0 aliphatic heterocycles. The molecule has 4 heteroatoms. The fourth-order valence-electron chi connectivity index (χ4n) is 3.36. The van der Waals surface area contributed by atoms with E-state index in [1.807, 2.05) is 20.8 Å². The summed E-state index contributed by atoms with van der Waals surface area (Å²) in [7, 11) is 0. The smallest absolute Gasteiger partial charge is 0.255 e. The van der Waals surface area contributed by atoms with E-state index in [-0.39, 0.29) is 11.4 Å². The number of hydrogen-bond donors (Lipinski definition) is 1. The summed E-state index contributed by atoms with van der Waals surface area (Å²) in [6.45, 7) is 7.98. The van der Waals surface area contributed by atoms with Gasteiger partial charge in [0.15, 0.2) is 0 Å². The van der Waals surface area contributed by atoms with Crippen LogP contribution in [0.2, 0.25) is 0 Å². The third-order valence-corrected chi connectivity index (χ3v) is 5.59. The van der Waals surface area contributed by atoms with Crippen molar-refractivity contribution in [3.05, 3.63) is 22.6 Å². The highest BCUT2D eigenvalue weighted by molar-refractivity contribution is 9.09. The van der Waals surface area contributed by atoms with Crippen LogP contribution in [0.3, 0.4) is 0 Å². The summed E-state index contributed by atoms with van der Waals surface area (Å²) < 4.78 is 5.57. The molecule has 1 N–H and O–H groups in total. The third-order valence-electron chi connectivity index (χ3n) is 4.51. The molecule has 20 heavy (non-hydrogen) atoms. The van der Waals surface area contributed by atoms with E-state index < -0.39 is 0 Å². The second-order valence-corrected chi connectivity index (χ2v) is 6.84. The number of furan rings is 1. The third kappa shape index (κ3) is 2.95. The molecule has 0 spiro atoms. The molecule has 112 valence electrons. The second-order valence-electron chi connectivity index (χ2n) is 6.28. The minimum absolute atomic E-state index is 0.00500. The number of hydrogen-bond acceptors (Lipinski definition) is 2. The van der Waals surface area contributed by atoms with Gasteiger partial charge in [-0.25, -0.2) is 0 Å². The average Bonchev–Trinajstić information content (AvgIpc) is 2.63. The first-order valence-electron chi connectivity index (χ1n) is 7.33. The highest BCUT2D eigenvalue weighted by Gasteiger charge is 2.36. The molecule has 0 aromatic carbocycles. The fourth-order valence-corrected chi connectivity index (χ4v) is 4.01. The molecule has 1 amide bonds. The Labute approximate surface area is 129 Å². The van der Waals surface area contributed by atoms with Crippen LogP contribution in [-0.2, 0) is 0 Å². The number of rotatable bonds is 3. The van der Waals surface area contributed by atoms with Crippen LogP contribution in [0, 0.1) is 26.7 Å². The molecule has 2 atom stereocenters. The highest BCUT2D eigenvalue weighted by Crippen LogP contribution is 2.34. The molecule has 1 heterocycles. The SMILES string of the molecule is Cc1oc(C)c(C(=O)NC2(CBr)CCCC(C)C2)c1C. The van der Waals surface area contributed by atoms with Gasteiger partial charge >= 0.3 is 0 Å². The van der Waals surface area contributed by atoms with E-state index in [0.717, 1.165) is 29.5 Å². The van der Waals surface area contributed by atoms with Gasteiger partial charge in [0.25, 0.3) is 5.91 Å². The quantitative estimate of drug-likeness (QED) is 0.833. The number of amides is 1. The first kappa shape index (κ1) is 15.6. The van der Waals surface area contributed by atoms with Gasteiger partial charge in [-0.05, 0) is 39.5 Å². The lowest BCUT2D eigenvalue weighted by molar-refractivity contribution is 0.0867. The summed E-state index contributed by atoms with van der Waals surface area (Å²) >= 11 is 3.60. The average molecular weight is 342 g/mol. The number of carbonyl (C=O) groups excluding carboxylic acids is 1. The van der Waals surface area contributed by atoms with Crippen molar-refractivity contribution in [1.29, 1.82) is 0 Å². The van der Waals surface area contributed by atoms with Crippen LogP contribution in [0.1, 0.15) is 60.0 Å². The molecule has 1 fully saturated rings. The maximum Gasteiger partial charge on any atom is 0.255 e. The Morgan fingerprint density at radius 2 is 2.10 bits per heavy atom. The van der Waals surface area contributed by atoms with E-state index in [1.165, 1.54) is 12.8 Å². The zero-order valence-electron chi connectivity index (χ0n) is 12.8. The molecule has 2 rings (SSSR count). The Morgan fingerprint density at radius 1 is 1.40 bits per heavy atom. The van der Waals surface area contributed by atoms with Crippen molar-refractivity contribution < 1.29 is 9.21 Å². The van der Waals surface area contributed by atoms with Crippen LogP contribution in [0.25, 0.3) is 0 Å². The van der Waals surface area contributed by atoms with Crippen LogP contribution < -0.4 is 5.32 Å². The Kier molecular flexibility index (Phi) is 4.62. The number of alkyl halides is 1. The van der Waals surface area contributed by atoms with Gasteiger partial charge in [0.1, 0.15) is 11.5 Å². The topological polar surface area (TPSA) is 42.2 Å². The Bertz CT molecular complexity index is 509. The summed E-state index contributed by atoms with van der Waals surface area (Å²) in [5, 5.41) is 4.09. The number of carbonyl (C=O) groups is 1. The monoisotopic (exact) mass is 341 g/mol. The molecule has 1 aliphatic carbocycles. The second kappa shape index (κ2) is 5.92. The zero-order valence-corrected chi connectivity index (χ0v) is 14.4. The maximum atomic E-state index is 12.6. The summed E-state index contributed by atoms with van der Waals surface area (Å²) in [6, 6.07) is 0. The van der Waals surface area contributed by atoms with Crippen molar-refractivity contribution in [2.75, 3.05) is 5.33 Å². The first-order chi connectivity index (χ1) is 9.38. The van der Waals surface area contributed by atoms with E-state index in [4.69, 9.17) is 4.42 Å². The van der Waals surface area contributed by atoms with Crippen LogP contribution in [0.4, 0.5) is 0 Å². The molecule has 0 bridgehead atoms. The van der Waals surface area contributed by atoms with E-state index >= 15 is 0 Å². The fraction of sp³-hybridized carbons (Fsp3) is 0.688. The molecule has 1 aromatic rings. The molecule has 1 saturated carbocycles. The molecule has 0 radical (unpaired) electrons. The Hall–Kier alpha value is -0.770. The lowest BCUT2D eigenvalue weighted by atomic mass is 9.77. The van der Waals surface area contributed by atoms with Crippen molar-refractivity contribution >= 4 is 21.8 Å². The van der Waals surface area contributed by atoms with Crippen molar-refractivity contribution in [1.82, 2.24) is 5.32 Å². The van der Waals surface area contributed by atoms with E-state index in [0.29, 0.717) is 17.2 Å². The van der Waals surface area contributed by atoms with E-state index in [2.05, 4.69) is 28.2 Å². The highest BCUT2D eigenvalue weighted by atomic mass is 79.9. The summed E-state index contributed by atoms with van der Waals surface area (Å²) in [6.07, 6.45) is 4.52. The van der Waals surface area contributed by atoms with Gasteiger partial charge in [-0.1, -0.05) is 35.7 Å². The number of nitrogens with one attached hydrogen (secondary N) is 1. The standard InChI is InChI=1S/C16H24BrNO2/c1-10-6-5-7-16(8-10,9-17)18-15(19)14-11(2)12(3)20-13(14)4/h10H,5-9H2,1-4H3,(H,18,19). The first-order valence-corrected chi connectivity index (χ1v) is 8.46. The summed E-state index contributed by atoms with van der Waals surface area (Å²) in [5.41, 5.74) is 1.55. The van der Waals surface area contributed by atoms with E-state index in [9.17, 15) is 4.79 Å². The molecular weight excluding hydrogens is 318 g/mol. The molecule has 3 nitrogen and oxygen atoms in total. The summed E-state index contributed by atoms with van der Waals surface area (Å²) in [4.78, 5) is 12.6. The summed E-state index contributed by atoms with van der Waals surface area (Å²) in [5.74, 6) is 2.21. The van der Waals surface area contributed by atoms with Crippen molar-refractivity contribution in [2.24, 2.45) is 5.92 Å². The predicted molar refractivity (Wildman–Crippen MR) is 84.5 cm³/mol. The zero-order chi connectivity index (χ0) is 14.9. The van der Waals surface area contributed by atoms with E-state index in [1.54, 1.807) is 0 Å². The van der Waals surface area contributed by atoms with Crippen molar-refractivity contribution in [3.63, 3.8) is 0 Å². The van der Waals surface area contributed by atoms with Gasteiger partial charge in [-0.3, -0.25) is 4.79 Å². The van der Waals surface area contributed by atoms with Gasteiger partial charge in [0.2, 0.25) is 0 Å². The van der Waals surface area contributed by atoms with Crippen LogP contribution in [0.15, 0.2) is 4.42 Å². The van der Waals surface area contributed by atoms with Crippen LogP contribution in [-0.4, -0.2) is 16.8 Å².